The van der Waals surface area contributed by atoms with Crippen molar-refractivity contribution < 1.29 is 14.3 Å². The number of ether oxygens (including phenoxy) is 1. The summed E-state index contributed by atoms with van der Waals surface area (Å²) in [7, 11) is 0. The largest absolute Gasteiger partial charge is 0.486 e. The molecule has 1 atom stereocenters. The second-order valence-corrected chi connectivity index (χ2v) is 8.21. The third-order valence-electron chi connectivity index (χ3n) is 5.25. The first-order valence-corrected chi connectivity index (χ1v) is 9.93. The number of carbonyl (C=O) groups excluding carboxylic acids is 2. The predicted octanol–water partition coefficient (Wildman–Crippen LogP) is 3.41. The molecule has 1 spiro atoms. The van der Waals surface area contributed by atoms with Gasteiger partial charge in [-0.15, -0.1) is 11.3 Å². The van der Waals surface area contributed by atoms with Gasteiger partial charge in [-0.1, -0.05) is 12.1 Å². The first-order valence-electron chi connectivity index (χ1n) is 9.05. The van der Waals surface area contributed by atoms with Gasteiger partial charge >= 0.3 is 0 Å². The zero-order valence-electron chi connectivity index (χ0n) is 14.9. The number of carbonyl (C=O) groups is 2. The molecule has 1 amide bonds. The van der Waals surface area contributed by atoms with E-state index in [0.29, 0.717) is 43.7 Å². The van der Waals surface area contributed by atoms with Gasteiger partial charge in [0, 0.05) is 24.9 Å². The van der Waals surface area contributed by atoms with Crippen LogP contribution >= 0.6 is 11.3 Å². The summed E-state index contributed by atoms with van der Waals surface area (Å²) in [4.78, 5) is 31.5. The Kier molecular flexibility index (Phi) is 4.53. The molecule has 0 saturated carbocycles. The van der Waals surface area contributed by atoms with Crippen molar-refractivity contribution in [2.75, 3.05) is 13.1 Å². The first-order chi connectivity index (χ1) is 12.5. The molecule has 26 heavy (non-hydrogen) atoms. The quantitative estimate of drug-likeness (QED) is 0.813. The number of aromatic nitrogens is 1. The van der Waals surface area contributed by atoms with E-state index in [0.717, 1.165) is 23.5 Å². The second-order valence-electron chi connectivity index (χ2n) is 7.15. The Hall–Kier alpha value is -2.21. The molecule has 2 aliphatic rings. The van der Waals surface area contributed by atoms with Crippen LogP contribution in [-0.4, -0.2) is 40.3 Å². The molecular formula is C20H22N2O3S. The van der Waals surface area contributed by atoms with Gasteiger partial charge in [0.1, 0.15) is 11.4 Å². The molecule has 1 aromatic carbocycles. The normalized spacial score (nSPS) is 22.7. The maximum absolute atomic E-state index is 12.6. The van der Waals surface area contributed by atoms with E-state index >= 15 is 0 Å². The third kappa shape index (κ3) is 3.38. The van der Waals surface area contributed by atoms with Crippen LogP contribution in [0, 0.1) is 6.92 Å². The maximum Gasteiger partial charge on any atom is 0.228 e. The van der Waals surface area contributed by atoms with Crippen molar-refractivity contribution in [1.29, 1.82) is 0 Å². The molecule has 1 saturated heterocycles. The average molecular weight is 370 g/mol. The molecule has 0 bridgehead atoms. The molecule has 1 fully saturated rings. The van der Waals surface area contributed by atoms with E-state index in [1.807, 2.05) is 41.5 Å². The van der Waals surface area contributed by atoms with E-state index < -0.39 is 5.60 Å². The number of fused-ring (bicyclic) bond motifs is 1. The summed E-state index contributed by atoms with van der Waals surface area (Å²) in [6.45, 7) is 3.28. The van der Waals surface area contributed by atoms with Gasteiger partial charge in [0.15, 0.2) is 5.78 Å². The third-order valence-corrected chi connectivity index (χ3v) is 6.07. The zero-order valence-corrected chi connectivity index (χ0v) is 15.7. The highest BCUT2D eigenvalue weighted by atomic mass is 32.1. The molecule has 1 unspecified atom stereocenters. The molecule has 2 aromatic rings. The Bertz CT molecular complexity index is 847. The lowest BCUT2D eigenvalue weighted by Crippen LogP contribution is -2.43. The molecule has 6 heteroatoms. The van der Waals surface area contributed by atoms with Gasteiger partial charge < -0.3 is 9.64 Å². The first kappa shape index (κ1) is 17.2. The molecular weight excluding hydrogens is 348 g/mol. The minimum atomic E-state index is -0.475. The Labute approximate surface area is 157 Å². The average Bonchev–Trinajstić information content (AvgIpc) is 2.91. The lowest BCUT2D eigenvalue weighted by atomic mass is 9.84. The number of para-hydroxylation sites is 1. The number of ketones is 1. The van der Waals surface area contributed by atoms with Gasteiger partial charge in [0.25, 0.3) is 0 Å². The molecule has 0 radical (unpaired) electrons. The summed E-state index contributed by atoms with van der Waals surface area (Å²) in [5.41, 5.74) is 1.04. The van der Waals surface area contributed by atoms with Crippen LogP contribution in [0.4, 0.5) is 0 Å². The van der Waals surface area contributed by atoms with Crippen LogP contribution in [0.1, 0.15) is 46.7 Å². The number of rotatable bonds is 2. The summed E-state index contributed by atoms with van der Waals surface area (Å²) in [6, 6.07) is 7.46. The van der Waals surface area contributed by atoms with E-state index in [4.69, 9.17) is 4.74 Å². The summed E-state index contributed by atoms with van der Waals surface area (Å²) in [6.07, 6.45) is 3.08. The van der Waals surface area contributed by atoms with E-state index in [-0.39, 0.29) is 11.7 Å². The maximum atomic E-state index is 12.6. The summed E-state index contributed by atoms with van der Waals surface area (Å²) in [5, 5.41) is 2.93. The van der Waals surface area contributed by atoms with Gasteiger partial charge in [-0.05, 0) is 31.9 Å². The number of aryl methyl sites for hydroxylation is 1. The molecule has 4 rings (SSSR count). The fourth-order valence-electron chi connectivity index (χ4n) is 3.90. The topological polar surface area (TPSA) is 59.5 Å². The molecule has 136 valence electrons. The fourth-order valence-corrected chi connectivity index (χ4v) is 4.51. The number of likely N-dealkylation sites (tertiary alicyclic amines) is 1. The van der Waals surface area contributed by atoms with Gasteiger partial charge in [-0.2, -0.15) is 0 Å². The second kappa shape index (κ2) is 6.83. The summed E-state index contributed by atoms with van der Waals surface area (Å²) >= 11 is 1.57. The molecule has 0 aliphatic carbocycles. The van der Waals surface area contributed by atoms with Crippen molar-refractivity contribution in [3.8, 4) is 5.75 Å². The monoisotopic (exact) mass is 370 g/mol. The fraction of sp³-hybridized carbons (Fsp3) is 0.450. The van der Waals surface area contributed by atoms with E-state index in [2.05, 4.69) is 4.98 Å². The smallest absolute Gasteiger partial charge is 0.228 e. The summed E-state index contributed by atoms with van der Waals surface area (Å²) < 4.78 is 6.29. The zero-order chi connectivity index (χ0) is 18.1. The van der Waals surface area contributed by atoms with E-state index in [1.54, 1.807) is 11.3 Å². The highest BCUT2D eigenvalue weighted by Crippen LogP contribution is 2.39. The minimum Gasteiger partial charge on any atom is -0.486 e. The molecule has 2 aliphatic heterocycles. The Morgan fingerprint density at radius 3 is 2.96 bits per heavy atom. The number of benzene rings is 1. The number of nitrogens with zero attached hydrogens (tertiary/aromatic N) is 2. The van der Waals surface area contributed by atoms with Crippen molar-refractivity contribution >= 4 is 23.0 Å². The van der Waals surface area contributed by atoms with Crippen LogP contribution in [0.25, 0.3) is 0 Å². The molecule has 1 aromatic heterocycles. The van der Waals surface area contributed by atoms with Crippen molar-refractivity contribution in [3.05, 3.63) is 45.9 Å². The van der Waals surface area contributed by atoms with Crippen molar-refractivity contribution in [1.82, 2.24) is 9.88 Å². The van der Waals surface area contributed by atoms with Gasteiger partial charge in [-0.3, -0.25) is 9.59 Å². The van der Waals surface area contributed by atoms with Gasteiger partial charge in [0.2, 0.25) is 5.91 Å². The SMILES string of the molecule is Cc1nc(CC(=O)N2CCCC3(CC2)CC(=O)c2ccccc2O3)cs1. The van der Waals surface area contributed by atoms with Crippen LogP contribution in [0.15, 0.2) is 29.6 Å². The highest BCUT2D eigenvalue weighted by molar-refractivity contribution is 7.09. The van der Waals surface area contributed by atoms with Gasteiger partial charge in [-0.25, -0.2) is 4.98 Å². The number of Topliss-reactive ketones (excluding diaryl/α,β-unsaturated/α-hetero) is 1. The lowest BCUT2D eigenvalue weighted by molar-refractivity contribution is -0.130. The number of hydrogen-bond donors (Lipinski definition) is 0. The number of thiazole rings is 1. The van der Waals surface area contributed by atoms with Crippen LogP contribution in [0.5, 0.6) is 5.75 Å². The highest BCUT2D eigenvalue weighted by Gasteiger charge is 2.41. The predicted molar refractivity (Wildman–Crippen MR) is 99.7 cm³/mol. The standard InChI is InChI=1S/C20H22N2O3S/c1-14-21-15(13-26-14)11-19(24)22-9-4-7-20(8-10-22)12-17(23)16-5-2-3-6-18(16)25-20/h2-3,5-6,13H,4,7-12H2,1H3. The van der Waals surface area contributed by atoms with Crippen molar-refractivity contribution in [2.45, 2.75) is 44.6 Å². The van der Waals surface area contributed by atoms with Crippen LogP contribution < -0.4 is 4.74 Å². The Balaban J connectivity index is 1.45. The molecule has 3 heterocycles. The van der Waals surface area contributed by atoms with Crippen LogP contribution in [-0.2, 0) is 11.2 Å². The van der Waals surface area contributed by atoms with E-state index in [9.17, 15) is 9.59 Å². The summed E-state index contributed by atoms with van der Waals surface area (Å²) in [5.74, 6) is 0.931. The van der Waals surface area contributed by atoms with Crippen molar-refractivity contribution in [2.24, 2.45) is 0 Å². The lowest BCUT2D eigenvalue weighted by Gasteiger charge is -2.37. The molecule has 5 nitrogen and oxygen atoms in total. The van der Waals surface area contributed by atoms with E-state index in [1.165, 1.54) is 0 Å². The minimum absolute atomic E-state index is 0.106. The Morgan fingerprint density at radius 1 is 1.31 bits per heavy atom. The van der Waals surface area contributed by atoms with Crippen LogP contribution in [0.3, 0.4) is 0 Å². The number of hydrogen-bond acceptors (Lipinski definition) is 5. The van der Waals surface area contributed by atoms with Crippen LogP contribution in [0.2, 0.25) is 0 Å². The Morgan fingerprint density at radius 2 is 2.15 bits per heavy atom. The number of amides is 1. The molecule has 0 N–H and O–H groups in total. The van der Waals surface area contributed by atoms with Gasteiger partial charge in [0.05, 0.1) is 29.1 Å². The van der Waals surface area contributed by atoms with Crippen molar-refractivity contribution in [3.63, 3.8) is 0 Å².